The molecule has 0 saturated carbocycles. The molecular formula is C32H31N3O4. The van der Waals surface area contributed by atoms with Crippen LogP contribution in [0.5, 0.6) is 11.5 Å². The zero-order valence-electron chi connectivity index (χ0n) is 22.3. The second-order valence-corrected chi connectivity index (χ2v) is 10.3. The average Bonchev–Trinajstić information content (AvgIpc) is 2.93. The van der Waals surface area contributed by atoms with Crippen LogP contribution in [-0.4, -0.2) is 40.9 Å². The number of carbonyl (C=O) groups is 1. The molecule has 2 aromatic heterocycles. The molecule has 0 radical (unpaired) electrons. The number of nitrogens with zero attached hydrogens (tertiary/aromatic N) is 2. The number of aromatic nitrogens is 2. The topological polar surface area (TPSA) is 82.6 Å². The van der Waals surface area contributed by atoms with Gasteiger partial charge in [0, 0.05) is 29.5 Å². The number of ether oxygens (including phenoxy) is 3. The van der Waals surface area contributed by atoms with Crippen LogP contribution < -0.4 is 14.8 Å². The predicted molar refractivity (Wildman–Crippen MR) is 153 cm³/mol. The maximum Gasteiger partial charge on any atom is 0.408 e. The Morgan fingerprint density at radius 3 is 2.31 bits per heavy atom. The van der Waals surface area contributed by atoms with Crippen LogP contribution in [0.3, 0.4) is 0 Å². The van der Waals surface area contributed by atoms with Crippen LogP contribution >= 0.6 is 0 Å². The molecule has 1 amide bonds. The van der Waals surface area contributed by atoms with Gasteiger partial charge in [-0.2, -0.15) is 0 Å². The maximum atomic E-state index is 12.6. The van der Waals surface area contributed by atoms with Crippen LogP contribution in [0.1, 0.15) is 20.8 Å². The summed E-state index contributed by atoms with van der Waals surface area (Å²) in [5.41, 5.74) is 1.33. The van der Waals surface area contributed by atoms with Crippen molar-refractivity contribution in [2.24, 2.45) is 0 Å². The van der Waals surface area contributed by atoms with Crippen LogP contribution in [0.2, 0.25) is 0 Å². The van der Waals surface area contributed by atoms with Gasteiger partial charge in [-0.1, -0.05) is 42.5 Å². The average molecular weight is 522 g/mol. The SMILES string of the molecule is CC(C)(C)OC(=O)NC(COc1cncc(-c2ccc3cnccc3c2)c1)COc1ccc2ccccc2c1. The molecule has 0 bridgehead atoms. The van der Waals surface area contributed by atoms with E-state index < -0.39 is 17.7 Å². The van der Waals surface area contributed by atoms with E-state index in [1.165, 1.54) is 0 Å². The first-order valence-electron chi connectivity index (χ1n) is 12.9. The lowest BCUT2D eigenvalue weighted by Crippen LogP contribution is -2.45. The summed E-state index contributed by atoms with van der Waals surface area (Å²) in [5, 5.41) is 7.26. The molecule has 7 nitrogen and oxygen atoms in total. The number of hydrogen-bond acceptors (Lipinski definition) is 6. The number of carbonyl (C=O) groups excluding carboxylic acids is 1. The first-order chi connectivity index (χ1) is 18.8. The molecule has 39 heavy (non-hydrogen) atoms. The van der Waals surface area contributed by atoms with Gasteiger partial charge in [-0.15, -0.1) is 0 Å². The number of alkyl carbamates (subject to hydrolysis) is 1. The van der Waals surface area contributed by atoms with E-state index in [0.29, 0.717) is 11.5 Å². The van der Waals surface area contributed by atoms with E-state index in [4.69, 9.17) is 14.2 Å². The van der Waals surface area contributed by atoms with Gasteiger partial charge < -0.3 is 19.5 Å². The number of hydrogen-bond donors (Lipinski definition) is 1. The standard InChI is InChI=1S/C32H31N3O4/c1-32(2,3)39-31(36)35-28(20-37-29-11-10-22-6-4-5-7-23(22)15-29)21-38-30-16-27(18-34-19-30)24-8-9-26-17-33-13-12-25(26)14-24/h4-19,28H,20-21H2,1-3H3,(H,35,36). The third-order valence-electron chi connectivity index (χ3n) is 6.03. The summed E-state index contributed by atoms with van der Waals surface area (Å²) >= 11 is 0. The number of nitrogens with one attached hydrogen (secondary N) is 1. The van der Waals surface area contributed by atoms with E-state index in [2.05, 4.69) is 27.4 Å². The van der Waals surface area contributed by atoms with E-state index in [9.17, 15) is 4.79 Å². The van der Waals surface area contributed by atoms with Gasteiger partial charge in [-0.25, -0.2) is 4.79 Å². The molecule has 7 heteroatoms. The Morgan fingerprint density at radius 2 is 1.49 bits per heavy atom. The summed E-state index contributed by atoms with van der Waals surface area (Å²) in [6.45, 7) is 5.84. The van der Waals surface area contributed by atoms with Crippen molar-refractivity contribution < 1.29 is 19.0 Å². The number of benzene rings is 3. The summed E-state index contributed by atoms with van der Waals surface area (Å²) in [6, 6.07) is 23.6. The molecule has 0 aliphatic rings. The molecular weight excluding hydrogens is 490 g/mol. The van der Waals surface area contributed by atoms with Gasteiger partial charge in [0.25, 0.3) is 0 Å². The minimum Gasteiger partial charge on any atom is -0.491 e. The third kappa shape index (κ3) is 7.02. The van der Waals surface area contributed by atoms with Gasteiger partial charge in [0.1, 0.15) is 36.4 Å². The van der Waals surface area contributed by atoms with Crippen molar-refractivity contribution >= 4 is 27.6 Å². The van der Waals surface area contributed by atoms with Crippen molar-refractivity contribution in [1.82, 2.24) is 15.3 Å². The normalized spacial score (nSPS) is 12.2. The molecule has 0 fully saturated rings. The highest BCUT2D eigenvalue weighted by atomic mass is 16.6. The highest BCUT2D eigenvalue weighted by molar-refractivity contribution is 5.86. The van der Waals surface area contributed by atoms with Crippen molar-refractivity contribution in [2.75, 3.05) is 13.2 Å². The minimum absolute atomic E-state index is 0.168. The smallest absolute Gasteiger partial charge is 0.408 e. The van der Waals surface area contributed by atoms with Crippen LogP contribution in [-0.2, 0) is 4.74 Å². The first kappa shape index (κ1) is 26.0. The fourth-order valence-electron chi connectivity index (χ4n) is 4.18. The molecule has 0 aliphatic heterocycles. The lowest BCUT2D eigenvalue weighted by Gasteiger charge is -2.24. The van der Waals surface area contributed by atoms with Crippen molar-refractivity contribution in [3.8, 4) is 22.6 Å². The summed E-state index contributed by atoms with van der Waals surface area (Å²) in [5.74, 6) is 1.30. The quantitative estimate of drug-likeness (QED) is 0.242. The van der Waals surface area contributed by atoms with Crippen molar-refractivity contribution in [3.63, 3.8) is 0 Å². The van der Waals surface area contributed by atoms with Crippen molar-refractivity contribution in [2.45, 2.75) is 32.4 Å². The Labute approximate surface area is 227 Å². The molecule has 1 unspecified atom stereocenters. The van der Waals surface area contributed by atoms with E-state index in [1.807, 2.05) is 87.6 Å². The Bertz CT molecular complexity index is 1600. The Morgan fingerprint density at radius 1 is 0.744 bits per heavy atom. The maximum absolute atomic E-state index is 12.6. The third-order valence-corrected chi connectivity index (χ3v) is 6.03. The molecule has 0 spiro atoms. The Hall–Kier alpha value is -4.65. The van der Waals surface area contributed by atoms with E-state index >= 15 is 0 Å². The molecule has 5 aromatic rings. The van der Waals surface area contributed by atoms with Crippen LogP contribution in [0.15, 0.2) is 97.6 Å². The van der Waals surface area contributed by atoms with Crippen LogP contribution in [0, 0.1) is 0 Å². The Balaban J connectivity index is 1.29. The summed E-state index contributed by atoms with van der Waals surface area (Å²) in [6.07, 6.45) is 6.55. The molecule has 5 rings (SSSR count). The molecule has 1 N–H and O–H groups in total. The highest BCUT2D eigenvalue weighted by Gasteiger charge is 2.21. The number of rotatable bonds is 8. The minimum atomic E-state index is -0.622. The van der Waals surface area contributed by atoms with Gasteiger partial charge in [0.05, 0.1) is 6.20 Å². The molecule has 2 heterocycles. The van der Waals surface area contributed by atoms with Gasteiger partial charge in [0.15, 0.2) is 0 Å². The molecule has 1 atom stereocenters. The predicted octanol–water partition coefficient (Wildman–Crippen LogP) is 6.80. The van der Waals surface area contributed by atoms with E-state index in [-0.39, 0.29) is 13.2 Å². The van der Waals surface area contributed by atoms with Crippen molar-refractivity contribution in [3.05, 3.63) is 97.6 Å². The van der Waals surface area contributed by atoms with Crippen LogP contribution in [0.25, 0.3) is 32.7 Å². The zero-order chi connectivity index (χ0) is 27.2. The monoisotopic (exact) mass is 521 g/mol. The zero-order valence-corrected chi connectivity index (χ0v) is 22.3. The second-order valence-electron chi connectivity index (χ2n) is 10.3. The van der Waals surface area contributed by atoms with Gasteiger partial charge in [-0.05, 0) is 72.8 Å². The number of fused-ring (bicyclic) bond motifs is 2. The largest absolute Gasteiger partial charge is 0.491 e. The van der Waals surface area contributed by atoms with E-state index in [1.54, 1.807) is 18.6 Å². The molecule has 0 aliphatic carbocycles. The Kier molecular flexibility index (Phi) is 7.59. The van der Waals surface area contributed by atoms with Crippen LogP contribution in [0.4, 0.5) is 4.79 Å². The number of pyridine rings is 2. The summed E-state index contributed by atoms with van der Waals surface area (Å²) < 4.78 is 17.6. The summed E-state index contributed by atoms with van der Waals surface area (Å²) in [7, 11) is 0. The lowest BCUT2D eigenvalue weighted by atomic mass is 10.0. The second kappa shape index (κ2) is 11.4. The molecule has 3 aromatic carbocycles. The van der Waals surface area contributed by atoms with Gasteiger partial charge >= 0.3 is 6.09 Å². The summed E-state index contributed by atoms with van der Waals surface area (Å²) in [4.78, 5) is 21.1. The fourth-order valence-corrected chi connectivity index (χ4v) is 4.18. The lowest BCUT2D eigenvalue weighted by molar-refractivity contribution is 0.0465. The molecule has 198 valence electrons. The fraction of sp³-hybridized carbons (Fsp3) is 0.219. The van der Waals surface area contributed by atoms with Gasteiger partial charge in [-0.3, -0.25) is 9.97 Å². The first-order valence-corrected chi connectivity index (χ1v) is 12.9. The van der Waals surface area contributed by atoms with Crippen molar-refractivity contribution in [1.29, 1.82) is 0 Å². The van der Waals surface area contributed by atoms with E-state index in [0.717, 1.165) is 32.7 Å². The van der Waals surface area contributed by atoms with Gasteiger partial charge in [0.2, 0.25) is 0 Å². The number of amides is 1. The molecule has 0 saturated heterocycles. The highest BCUT2D eigenvalue weighted by Crippen LogP contribution is 2.26.